The molecule has 2 aliphatic heterocycles. The van der Waals surface area contributed by atoms with Crippen LogP contribution in [-0.2, 0) is 54.4 Å². The molecule has 0 aliphatic carbocycles. The minimum Gasteiger partial charge on any atom is -0.481 e. The highest BCUT2D eigenvalue weighted by Gasteiger charge is 2.41. The molecular formula is C40H56N10O13S. The second-order valence-electron chi connectivity index (χ2n) is 15.7. The number of aliphatic hydroxyl groups excluding tert-OH is 2. The van der Waals surface area contributed by atoms with Gasteiger partial charge in [-0.2, -0.15) is 12.6 Å². The summed E-state index contributed by atoms with van der Waals surface area (Å²) in [6.07, 6.45) is 0.652. The number of hydrogen-bond donors (Lipinski definition) is 12. The van der Waals surface area contributed by atoms with E-state index in [0.29, 0.717) is 31.4 Å². The van der Waals surface area contributed by atoms with E-state index in [1.165, 1.54) is 23.6 Å². The molecule has 0 bridgehead atoms. The van der Waals surface area contributed by atoms with Crippen LogP contribution in [0.1, 0.15) is 58.4 Å². The Hall–Kier alpha value is -6.27. The highest BCUT2D eigenvalue weighted by molar-refractivity contribution is 7.80. The zero-order valence-corrected chi connectivity index (χ0v) is 36.4. The largest absolute Gasteiger partial charge is 0.481 e. The van der Waals surface area contributed by atoms with Gasteiger partial charge in [0.05, 0.1) is 19.1 Å². The Kier molecular flexibility index (Phi) is 18.0. The van der Waals surface area contributed by atoms with Crippen LogP contribution < -0.4 is 37.6 Å². The van der Waals surface area contributed by atoms with Gasteiger partial charge in [-0.1, -0.05) is 18.2 Å². The number of nitrogens with zero attached hydrogens (tertiary/aromatic N) is 2. The first-order chi connectivity index (χ1) is 30.3. The van der Waals surface area contributed by atoms with Crippen LogP contribution in [0.25, 0.3) is 10.9 Å². The molecule has 64 heavy (non-hydrogen) atoms. The van der Waals surface area contributed by atoms with E-state index in [2.05, 4.69) is 49.5 Å². The molecular weight excluding hydrogens is 861 g/mol. The van der Waals surface area contributed by atoms with Crippen LogP contribution in [-0.4, -0.2) is 169 Å². The van der Waals surface area contributed by atoms with Gasteiger partial charge in [0.2, 0.25) is 53.2 Å². The first kappa shape index (κ1) is 50.4. The Balaban J connectivity index is 1.47. The zero-order chi connectivity index (χ0) is 47.4. The molecule has 9 amide bonds. The number of carbonyl (C=O) groups excluding carboxylic acids is 9. The maximum Gasteiger partial charge on any atom is 0.305 e. The molecule has 12 N–H and O–H groups in total. The topological polar surface area (TPSA) is 352 Å². The molecule has 0 spiro atoms. The molecule has 0 saturated carbocycles. The Morgan fingerprint density at radius 1 is 0.781 bits per heavy atom. The predicted molar refractivity (Wildman–Crippen MR) is 228 cm³/mol. The van der Waals surface area contributed by atoms with Crippen LogP contribution in [0.5, 0.6) is 0 Å². The average molecular weight is 917 g/mol. The summed E-state index contributed by atoms with van der Waals surface area (Å²) in [4.78, 5) is 135. The van der Waals surface area contributed by atoms with Gasteiger partial charge < -0.3 is 67.7 Å². The third-order valence-corrected chi connectivity index (χ3v) is 11.4. The Morgan fingerprint density at radius 2 is 1.36 bits per heavy atom. The van der Waals surface area contributed by atoms with Crippen molar-refractivity contribution in [1.82, 2.24) is 46.7 Å². The van der Waals surface area contributed by atoms with Crippen molar-refractivity contribution in [3.8, 4) is 0 Å². The molecule has 2 aromatic rings. The summed E-state index contributed by atoms with van der Waals surface area (Å²) in [5.74, 6) is -9.28. The van der Waals surface area contributed by atoms with Crippen molar-refractivity contribution >= 4 is 82.7 Å². The lowest BCUT2D eigenvalue weighted by Gasteiger charge is -2.30. The Bertz CT molecular complexity index is 2100. The van der Waals surface area contributed by atoms with E-state index in [4.69, 9.17) is 10.8 Å². The fraction of sp³-hybridized carbons (Fsp3) is 0.550. The van der Waals surface area contributed by atoms with Gasteiger partial charge in [-0.15, -0.1) is 0 Å². The quantitative estimate of drug-likeness (QED) is 0.0531. The van der Waals surface area contributed by atoms with Gasteiger partial charge in [0.15, 0.2) is 0 Å². The number of rotatable bonds is 21. The van der Waals surface area contributed by atoms with Crippen molar-refractivity contribution in [1.29, 1.82) is 0 Å². The number of primary amides is 1. The summed E-state index contributed by atoms with van der Waals surface area (Å²) in [5.41, 5.74) is 6.53. The fourth-order valence-electron chi connectivity index (χ4n) is 7.56. The van der Waals surface area contributed by atoms with E-state index >= 15 is 0 Å². The summed E-state index contributed by atoms with van der Waals surface area (Å²) < 4.78 is 0. The van der Waals surface area contributed by atoms with Gasteiger partial charge in [0.25, 0.3) is 0 Å². The molecule has 4 rings (SSSR count). The lowest BCUT2D eigenvalue weighted by molar-refractivity contribution is -0.144. The van der Waals surface area contributed by atoms with E-state index in [1.54, 1.807) is 30.5 Å². The third kappa shape index (κ3) is 12.9. The lowest BCUT2D eigenvalue weighted by atomic mass is 10.0. The number of aromatic amines is 1. The van der Waals surface area contributed by atoms with Crippen molar-refractivity contribution in [3.63, 3.8) is 0 Å². The molecule has 9 atom stereocenters. The number of amides is 9. The van der Waals surface area contributed by atoms with Crippen LogP contribution in [0.4, 0.5) is 0 Å². The molecule has 24 heteroatoms. The summed E-state index contributed by atoms with van der Waals surface area (Å²) in [6, 6.07) is -3.76. The number of aliphatic hydroxyl groups is 2. The number of nitrogens with one attached hydrogen (secondary N) is 7. The van der Waals surface area contributed by atoms with Crippen LogP contribution >= 0.6 is 12.6 Å². The summed E-state index contributed by atoms with van der Waals surface area (Å²) in [5, 5.41) is 44.8. The number of nitrogens with two attached hydrogens (primary N) is 1. The number of hydrogen-bond acceptors (Lipinski definition) is 13. The smallest absolute Gasteiger partial charge is 0.305 e. The Labute approximate surface area is 372 Å². The summed E-state index contributed by atoms with van der Waals surface area (Å²) >= 11 is 4.03. The molecule has 0 unspecified atom stereocenters. The number of H-pyrrole nitrogens is 1. The van der Waals surface area contributed by atoms with Gasteiger partial charge in [-0.05, 0) is 51.2 Å². The summed E-state index contributed by atoms with van der Waals surface area (Å²) in [7, 11) is 0. The molecule has 1 aromatic carbocycles. The SMILES string of the molecule is CC(=O)N1CCC[C@H]1C(=O)N[C@@H](CO)C(=O)N1CCC[C@H]1C(=O)N[C@@H](Cc1c[nH]c2ccccc12)C(=O)N[C@@H](C)C(=O)N[C@H](C(=O)N[C@@H](CS)C(=O)N[C@@H](CC(=O)O)C(N)=O)[C@@H](C)O. The first-order valence-corrected chi connectivity index (χ1v) is 21.3. The molecule has 2 saturated heterocycles. The molecule has 1 aromatic heterocycles. The number of aromatic nitrogens is 1. The van der Waals surface area contributed by atoms with Gasteiger partial charge in [-0.3, -0.25) is 47.9 Å². The van der Waals surface area contributed by atoms with Gasteiger partial charge in [0, 0.05) is 49.3 Å². The third-order valence-electron chi connectivity index (χ3n) is 11.0. The number of carboxylic acid groups (broad SMARTS) is 1. The molecule has 0 radical (unpaired) electrons. The van der Waals surface area contributed by atoms with E-state index in [1.807, 2.05) is 0 Å². The van der Waals surface area contributed by atoms with Crippen LogP contribution in [0, 0.1) is 0 Å². The number of para-hydroxylation sites is 1. The second kappa shape index (κ2) is 22.9. The van der Waals surface area contributed by atoms with Crippen molar-refractivity contribution in [2.24, 2.45) is 5.73 Å². The summed E-state index contributed by atoms with van der Waals surface area (Å²) in [6.45, 7) is 3.44. The number of fused-ring (bicyclic) bond motifs is 1. The molecule has 2 aliphatic rings. The number of carbonyl (C=O) groups is 10. The van der Waals surface area contributed by atoms with E-state index in [0.717, 1.165) is 17.8 Å². The normalized spacial score (nSPS) is 19.2. The molecule has 23 nitrogen and oxygen atoms in total. The standard InChI is InChI=1S/C40H56N10O13S/c1-19(34(57)48-32(20(2)52)39(62)47-28(18-64)36(59)44-25(33(41)56)15-31(54)55)43-35(58)26(14-22-16-42-24-9-5-4-8-23(22)24)45-38(61)30-11-7-13-50(30)40(63)27(17-51)46-37(60)29-10-6-12-49(29)21(3)53/h4-5,8-9,16,19-20,25-30,32,42,51-52,64H,6-7,10-15,17-18H2,1-3H3,(H2,41,56)(H,43,58)(H,44,59)(H,45,61)(H,46,60)(H,47,62)(H,48,57)(H,54,55)/t19-,20+,25-,26-,27-,28-,29-,30-,32-/m0/s1. The van der Waals surface area contributed by atoms with Crippen LogP contribution in [0.2, 0.25) is 0 Å². The van der Waals surface area contributed by atoms with Gasteiger partial charge in [-0.25, -0.2) is 0 Å². The number of carboxylic acids is 1. The van der Waals surface area contributed by atoms with Crippen LogP contribution in [0.15, 0.2) is 30.5 Å². The Morgan fingerprint density at radius 3 is 1.94 bits per heavy atom. The maximum atomic E-state index is 14.0. The number of benzene rings is 1. The molecule has 350 valence electrons. The number of thiol groups is 1. The van der Waals surface area contributed by atoms with Gasteiger partial charge in [0.1, 0.15) is 48.3 Å². The van der Waals surface area contributed by atoms with Crippen molar-refractivity contribution in [3.05, 3.63) is 36.0 Å². The van der Waals surface area contributed by atoms with E-state index < -0.39 is 121 Å². The first-order valence-electron chi connectivity index (χ1n) is 20.6. The average Bonchev–Trinajstić information content (AvgIpc) is 4.03. The minimum atomic E-state index is -1.71. The van der Waals surface area contributed by atoms with Gasteiger partial charge >= 0.3 is 5.97 Å². The van der Waals surface area contributed by atoms with Crippen molar-refractivity contribution < 1.29 is 63.3 Å². The molecule has 3 heterocycles. The lowest BCUT2D eigenvalue weighted by Crippen LogP contribution is -2.61. The van der Waals surface area contributed by atoms with E-state index in [-0.39, 0.29) is 31.0 Å². The second-order valence-corrected chi connectivity index (χ2v) is 16.1. The highest BCUT2D eigenvalue weighted by atomic mass is 32.1. The monoisotopic (exact) mass is 916 g/mol. The fourth-order valence-corrected chi connectivity index (χ4v) is 7.82. The minimum absolute atomic E-state index is 0.0961. The zero-order valence-electron chi connectivity index (χ0n) is 35.5. The van der Waals surface area contributed by atoms with Crippen LogP contribution in [0.3, 0.4) is 0 Å². The highest BCUT2D eigenvalue weighted by Crippen LogP contribution is 2.23. The predicted octanol–water partition coefficient (Wildman–Crippen LogP) is -4.10. The van der Waals surface area contributed by atoms with Crippen molar-refractivity contribution in [2.75, 3.05) is 25.4 Å². The van der Waals surface area contributed by atoms with Crippen molar-refractivity contribution in [2.45, 2.75) is 114 Å². The molecule has 2 fully saturated rings. The number of aliphatic carboxylic acids is 1. The number of likely N-dealkylation sites (tertiary alicyclic amines) is 2. The van der Waals surface area contributed by atoms with E-state index in [9.17, 15) is 58.2 Å². The maximum absolute atomic E-state index is 14.0.